The number of hydrogen-bond donors (Lipinski definition) is 0. The molecule has 2 aliphatic heterocycles. The lowest BCUT2D eigenvalue weighted by Gasteiger charge is -2.47. The second-order valence-corrected chi connectivity index (χ2v) is 10.0. The molecule has 7 nitrogen and oxygen atoms in total. The molecule has 0 aromatic heterocycles. The Morgan fingerprint density at radius 1 is 1.09 bits per heavy atom. The third kappa shape index (κ3) is 6.19. The van der Waals surface area contributed by atoms with Gasteiger partial charge in [0.05, 0.1) is 27.2 Å². The van der Waals surface area contributed by atoms with Crippen LogP contribution in [0.5, 0.6) is 11.5 Å². The molecular weight excluding hydrogens is 420 g/mol. The highest BCUT2D eigenvalue weighted by Crippen LogP contribution is 2.45. The molecule has 0 aliphatic carbocycles. The van der Waals surface area contributed by atoms with E-state index < -0.39 is 0 Å². The van der Waals surface area contributed by atoms with E-state index in [-0.39, 0.29) is 30.8 Å². The van der Waals surface area contributed by atoms with E-state index in [2.05, 4.69) is 30.9 Å². The molecule has 0 spiro atoms. The average Bonchev–Trinajstić information content (AvgIpc) is 2.79. The minimum atomic E-state index is -0.286. The van der Waals surface area contributed by atoms with E-state index in [1.807, 2.05) is 0 Å². The number of nitrogens with zero attached hydrogens (tertiary/aromatic N) is 2. The van der Waals surface area contributed by atoms with Crippen LogP contribution in [0.25, 0.3) is 0 Å². The molecule has 2 heterocycles. The molecule has 2 aliphatic rings. The fourth-order valence-electron chi connectivity index (χ4n) is 5.29. The van der Waals surface area contributed by atoms with Crippen molar-refractivity contribution in [3.63, 3.8) is 0 Å². The van der Waals surface area contributed by atoms with E-state index >= 15 is 0 Å². The molecule has 1 saturated heterocycles. The molecule has 1 aromatic carbocycles. The lowest BCUT2D eigenvalue weighted by molar-refractivity contribution is -0.148. The Balaban J connectivity index is 1.73. The van der Waals surface area contributed by atoms with Gasteiger partial charge in [0.1, 0.15) is 0 Å². The van der Waals surface area contributed by atoms with Crippen molar-refractivity contribution in [2.45, 2.75) is 52.0 Å². The molecule has 3 rings (SSSR count). The first-order valence-electron chi connectivity index (χ1n) is 12.1. The SMILES string of the molecule is COc1cc2c(cc1OC)[C@H]1C[C@@H](COC(=O)CCC(=O)N(C)C)[C@H](CC(C)C)CN1CC2. The molecule has 1 aromatic rings. The van der Waals surface area contributed by atoms with E-state index in [0.29, 0.717) is 24.4 Å². The Kier molecular flexibility index (Phi) is 8.63. The van der Waals surface area contributed by atoms with E-state index in [4.69, 9.17) is 14.2 Å². The number of benzene rings is 1. The maximum atomic E-state index is 12.3. The minimum Gasteiger partial charge on any atom is -0.493 e. The van der Waals surface area contributed by atoms with E-state index in [9.17, 15) is 9.59 Å². The molecule has 1 amide bonds. The minimum absolute atomic E-state index is 0.0545. The van der Waals surface area contributed by atoms with Crippen LogP contribution in [-0.2, 0) is 20.7 Å². The lowest BCUT2D eigenvalue weighted by atomic mass is 9.74. The number of esters is 1. The van der Waals surface area contributed by atoms with Crippen LogP contribution in [0.4, 0.5) is 0 Å². The summed E-state index contributed by atoms with van der Waals surface area (Å²) >= 11 is 0. The maximum absolute atomic E-state index is 12.3. The van der Waals surface area contributed by atoms with Gasteiger partial charge in [-0.05, 0) is 60.3 Å². The molecule has 3 atom stereocenters. The Morgan fingerprint density at radius 3 is 2.42 bits per heavy atom. The summed E-state index contributed by atoms with van der Waals surface area (Å²) in [5.41, 5.74) is 2.61. The van der Waals surface area contributed by atoms with Gasteiger partial charge in [-0.1, -0.05) is 13.8 Å². The van der Waals surface area contributed by atoms with Crippen LogP contribution >= 0.6 is 0 Å². The Labute approximate surface area is 198 Å². The second kappa shape index (κ2) is 11.2. The zero-order chi connectivity index (χ0) is 24.1. The molecular formula is C26H40N2O5. The second-order valence-electron chi connectivity index (χ2n) is 10.0. The first kappa shape index (κ1) is 25.3. The average molecular weight is 461 g/mol. The lowest BCUT2D eigenvalue weighted by Crippen LogP contribution is -2.47. The van der Waals surface area contributed by atoms with Gasteiger partial charge in [0.2, 0.25) is 5.91 Å². The Hall–Kier alpha value is -2.28. The Bertz CT molecular complexity index is 838. The molecule has 184 valence electrons. The number of piperidine rings is 1. The van der Waals surface area contributed by atoms with Gasteiger partial charge in [0.15, 0.2) is 11.5 Å². The van der Waals surface area contributed by atoms with Crippen molar-refractivity contribution in [3.8, 4) is 11.5 Å². The fraction of sp³-hybridized carbons (Fsp3) is 0.692. The number of ether oxygens (including phenoxy) is 3. The summed E-state index contributed by atoms with van der Waals surface area (Å²) in [6.45, 7) is 6.97. The van der Waals surface area contributed by atoms with Crippen LogP contribution in [0.3, 0.4) is 0 Å². The zero-order valence-electron chi connectivity index (χ0n) is 21.1. The third-order valence-electron chi connectivity index (χ3n) is 7.05. The summed E-state index contributed by atoms with van der Waals surface area (Å²) in [5, 5.41) is 0. The van der Waals surface area contributed by atoms with Gasteiger partial charge < -0.3 is 19.1 Å². The van der Waals surface area contributed by atoms with Crippen LogP contribution in [0, 0.1) is 17.8 Å². The number of amides is 1. The van der Waals surface area contributed by atoms with Crippen molar-refractivity contribution < 1.29 is 23.8 Å². The van der Waals surface area contributed by atoms with Gasteiger partial charge in [-0.2, -0.15) is 0 Å². The molecule has 0 bridgehead atoms. The van der Waals surface area contributed by atoms with Gasteiger partial charge in [-0.15, -0.1) is 0 Å². The topological polar surface area (TPSA) is 68.3 Å². The van der Waals surface area contributed by atoms with Crippen molar-refractivity contribution >= 4 is 11.9 Å². The molecule has 0 N–H and O–H groups in total. The largest absolute Gasteiger partial charge is 0.493 e. The third-order valence-corrected chi connectivity index (χ3v) is 7.05. The number of rotatable bonds is 9. The number of methoxy groups -OCH3 is 2. The van der Waals surface area contributed by atoms with Crippen LogP contribution in [-0.4, -0.2) is 69.7 Å². The van der Waals surface area contributed by atoms with Gasteiger partial charge >= 0.3 is 5.97 Å². The van der Waals surface area contributed by atoms with Crippen molar-refractivity contribution in [1.29, 1.82) is 0 Å². The van der Waals surface area contributed by atoms with E-state index in [1.165, 1.54) is 16.0 Å². The number of carbonyl (C=O) groups excluding carboxylic acids is 2. The number of hydrogen-bond acceptors (Lipinski definition) is 6. The normalized spacial score (nSPS) is 22.3. The summed E-state index contributed by atoms with van der Waals surface area (Å²) < 4.78 is 16.8. The van der Waals surface area contributed by atoms with Crippen LogP contribution in [0.15, 0.2) is 12.1 Å². The molecule has 0 unspecified atom stereocenters. The summed E-state index contributed by atoms with van der Waals surface area (Å²) in [5.74, 6) is 2.56. The van der Waals surface area contributed by atoms with E-state index in [1.54, 1.807) is 28.3 Å². The van der Waals surface area contributed by atoms with Crippen molar-refractivity contribution in [2.24, 2.45) is 17.8 Å². The summed E-state index contributed by atoms with van der Waals surface area (Å²) in [7, 11) is 6.75. The highest BCUT2D eigenvalue weighted by atomic mass is 16.5. The van der Waals surface area contributed by atoms with Gasteiger partial charge in [0.25, 0.3) is 0 Å². The zero-order valence-corrected chi connectivity index (χ0v) is 21.1. The standard InChI is InChI=1S/C26H40N2O5/c1-17(2)11-19-15-28-10-9-18-13-23(31-5)24(32-6)14-21(18)22(28)12-20(19)16-33-26(30)8-7-25(29)27(3)4/h13-14,17,19-20,22H,7-12,15-16H2,1-6H3/t19-,20+,22-/m1/s1. The molecule has 33 heavy (non-hydrogen) atoms. The van der Waals surface area contributed by atoms with Crippen LogP contribution < -0.4 is 9.47 Å². The fourth-order valence-corrected chi connectivity index (χ4v) is 5.29. The number of fused-ring (bicyclic) bond motifs is 3. The highest BCUT2D eigenvalue weighted by Gasteiger charge is 2.40. The van der Waals surface area contributed by atoms with Crippen molar-refractivity contribution in [2.75, 3.05) is 48.0 Å². The van der Waals surface area contributed by atoms with Gasteiger partial charge in [-0.3, -0.25) is 14.5 Å². The van der Waals surface area contributed by atoms with E-state index in [0.717, 1.165) is 43.9 Å². The summed E-state index contributed by atoms with van der Waals surface area (Å²) in [6.07, 6.45) is 3.39. The van der Waals surface area contributed by atoms with Gasteiger partial charge in [-0.25, -0.2) is 0 Å². The smallest absolute Gasteiger partial charge is 0.306 e. The molecule has 1 fully saturated rings. The van der Waals surface area contributed by atoms with Gasteiger partial charge in [0, 0.05) is 39.6 Å². The summed E-state index contributed by atoms with van der Waals surface area (Å²) in [6, 6.07) is 4.53. The molecule has 0 radical (unpaired) electrons. The first-order chi connectivity index (χ1) is 15.7. The maximum Gasteiger partial charge on any atom is 0.306 e. The highest BCUT2D eigenvalue weighted by molar-refractivity contribution is 5.80. The quantitative estimate of drug-likeness (QED) is 0.524. The van der Waals surface area contributed by atoms with Crippen molar-refractivity contribution in [3.05, 3.63) is 23.3 Å². The predicted molar refractivity (Wildman–Crippen MR) is 128 cm³/mol. The van der Waals surface area contributed by atoms with Crippen LogP contribution in [0.2, 0.25) is 0 Å². The molecule has 7 heteroatoms. The summed E-state index contributed by atoms with van der Waals surface area (Å²) in [4.78, 5) is 28.2. The monoisotopic (exact) mass is 460 g/mol. The van der Waals surface area contributed by atoms with Crippen molar-refractivity contribution in [1.82, 2.24) is 9.80 Å². The Morgan fingerprint density at radius 2 is 1.79 bits per heavy atom. The number of carbonyl (C=O) groups is 2. The molecule has 0 saturated carbocycles. The first-order valence-corrected chi connectivity index (χ1v) is 12.1. The predicted octanol–water partition coefficient (Wildman–Crippen LogP) is 3.70. The van der Waals surface area contributed by atoms with Crippen LogP contribution in [0.1, 0.15) is 56.7 Å².